The molecule has 2 aromatic carbocycles. The maximum Gasteiger partial charge on any atom is 0.407 e. The van der Waals surface area contributed by atoms with Crippen LogP contribution in [0, 0.1) is 11.8 Å². The first-order valence-electron chi connectivity index (χ1n) is 14.7. The Hall–Kier alpha value is -2.54. The van der Waals surface area contributed by atoms with Gasteiger partial charge in [0, 0.05) is 26.8 Å². The van der Waals surface area contributed by atoms with Crippen LogP contribution in [0.3, 0.4) is 0 Å². The van der Waals surface area contributed by atoms with E-state index in [9.17, 15) is 18.3 Å². The molecule has 2 heterocycles. The van der Waals surface area contributed by atoms with Gasteiger partial charge in [0.2, 0.25) is 10.0 Å². The van der Waals surface area contributed by atoms with Gasteiger partial charge in [-0.15, -0.1) is 0 Å². The van der Waals surface area contributed by atoms with Gasteiger partial charge in [-0.25, -0.2) is 13.2 Å². The SMILES string of the molecule is COCCCc1ccc(S(=O)(=O)N(CC(C)C)CC(O)[C@H](Cc2ccccc2)NC(=O)O[C@H]2CO[C@H]3OCC[C@H]32)cc1. The standard InChI is InChI=1S/C31H44N2O8S/c1-22(2)19-33(42(36,37)25-13-11-23(12-14-25)10-7-16-38-3)20-28(34)27(18-24-8-5-4-6-9-24)32-31(35)41-29-21-40-30-26(29)15-17-39-30/h4-6,8-9,11-14,22,26-30,34H,7,10,15-21H2,1-3H3,(H,32,35)/t26-,27-,28?,29-,30+/m0/s1. The molecule has 232 valence electrons. The third kappa shape index (κ3) is 8.75. The zero-order valence-corrected chi connectivity index (χ0v) is 25.5. The molecule has 0 bridgehead atoms. The molecule has 5 atom stereocenters. The zero-order chi connectivity index (χ0) is 30.1. The molecule has 0 spiro atoms. The summed E-state index contributed by atoms with van der Waals surface area (Å²) in [6, 6.07) is 15.5. The summed E-state index contributed by atoms with van der Waals surface area (Å²) in [5, 5.41) is 14.3. The number of aliphatic hydroxyl groups is 1. The number of ether oxygens (including phenoxy) is 4. The van der Waals surface area contributed by atoms with Crippen molar-refractivity contribution in [1.29, 1.82) is 0 Å². The van der Waals surface area contributed by atoms with E-state index in [2.05, 4.69) is 5.32 Å². The highest BCUT2D eigenvalue weighted by Gasteiger charge is 2.44. The minimum Gasteiger partial charge on any atom is -0.443 e. The highest BCUT2D eigenvalue weighted by atomic mass is 32.2. The molecule has 11 heteroatoms. The van der Waals surface area contributed by atoms with E-state index in [0.717, 1.165) is 30.4 Å². The Kier molecular flexibility index (Phi) is 11.8. The molecule has 2 fully saturated rings. The first-order chi connectivity index (χ1) is 20.2. The van der Waals surface area contributed by atoms with Crippen molar-refractivity contribution < 1.29 is 37.3 Å². The van der Waals surface area contributed by atoms with Gasteiger partial charge in [0.15, 0.2) is 6.29 Å². The summed E-state index contributed by atoms with van der Waals surface area (Å²) >= 11 is 0. The maximum atomic E-state index is 13.8. The molecule has 2 saturated heterocycles. The lowest BCUT2D eigenvalue weighted by atomic mass is 10.0. The normalized spacial score (nSPS) is 21.8. The fourth-order valence-corrected chi connectivity index (χ4v) is 7.05. The van der Waals surface area contributed by atoms with E-state index < -0.39 is 34.4 Å². The van der Waals surface area contributed by atoms with Crippen molar-refractivity contribution in [3.8, 4) is 0 Å². The molecule has 2 N–H and O–H groups in total. The van der Waals surface area contributed by atoms with Crippen molar-refractivity contribution >= 4 is 16.1 Å². The molecular weight excluding hydrogens is 560 g/mol. The molecule has 2 aliphatic heterocycles. The molecule has 0 aromatic heterocycles. The second kappa shape index (κ2) is 15.3. The number of sulfonamides is 1. The van der Waals surface area contributed by atoms with Crippen molar-refractivity contribution in [2.24, 2.45) is 11.8 Å². The van der Waals surface area contributed by atoms with Gasteiger partial charge >= 0.3 is 6.09 Å². The van der Waals surface area contributed by atoms with Crippen LogP contribution in [0.1, 0.15) is 37.8 Å². The zero-order valence-electron chi connectivity index (χ0n) is 24.7. The Balaban J connectivity index is 1.48. The van der Waals surface area contributed by atoms with Gasteiger partial charge in [0.25, 0.3) is 0 Å². The van der Waals surface area contributed by atoms with E-state index in [1.54, 1.807) is 19.2 Å². The topological polar surface area (TPSA) is 124 Å². The number of rotatable bonds is 15. The van der Waals surface area contributed by atoms with E-state index in [1.807, 2.05) is 56.3 Å². The molecule has 0 saturated carbocycles. The lowest BCUT2D eigenvalue weighted by Crippen LogP contribution is -2.51. The summed E-state index contributed by atoms with van der Waals surface area (Å²) in [5.74, 6) is -0.0129. The second-order valence-corrected chi connectivity index (χ2v) is 13.4. The first-order valence-corrected chi connectivity index (χ1v) is 16.1. The lowest BCUT2D eigenvalue weighted by molar-refractivity contribution is -0.0907. The van der Waals surface area contributed by atoms with E-state index >= 15 is 0 Å². The van der Waals surface area contributed by atoms with E-state index in [4.69, 9.17) is 18.9 Å². The van der Waals surface area contributed by atoms with Crippen molar-refractivity contribution in [2.75, 3.05) is 40.0 Å². The van der Waals surface area contributed by atoms with Gasteiger partial charge in [-0.05, 0) is 54.9 Å². The molecule has 4 rings (SSSR count). The Bertz CT molecular complexity index is 1230. The number of aliphatic hydroxyl groups excluding tert-OH is 1. The van der Waals surface area contributed by atoms with Gasteiger partial charge < -0.3 is 29.4 Å². The average molecular weight is 605 g/mol. The molecule has 2 aliphatic rings. The fraction of sp³-hybridized carbons (Fsp3) is 0.581. The highest BCUT2D eigenvalue weighted by molar-refractivity contribution is 7.89. The van der Waals surface area contributed by atoms with Crippen LogP contribution in [0.15, 0.2) is 59.5 Å². The van der Waals surface area contributed by atoms with Crippen LogP contribution in [0.2, 0.25) is 0 Å². The molecule has 10 nitrogen and oxygen atoms in total. The van der Waals surface area contributed by atoms with Crippen LogP contribution >= 0.6 is 0 Å². The summed E-state index contributed by atoms with van der Waals surface area (Å²) in [5.41, 5.74) is 1.91. The number of methoxy groups -OCH3 is 1. The number of nitrogens with zero attached hydrogens (tertiary/aromatic N) is 1. The minimum absolute atomic E-state index is 0.00901. The van der Waals surface area contributed by atoms with Gasteiger partial charge in [0.05, 0.1) is 36.2 Å². The minimum atomic E-state index is -3.92. The summed E-state index contributed by atoms with van der Waals surface area (Å²) in [6.45, 7) is 5.31. The number of amides is 1. The Morgan fingerprint density at radius 3 is 2.50 bits per heavy atom. The third-order valence-electron chi connectivity index (χ3n) is 7.64. The maximum absolute atomic E-state index is 13.8. The Morgan fingerprint density at radius 2 is 1.81 bits per heavy atom. The van der Waals surface area contributed by atoms with E-state index in [1.165, 1.54) is 4.31 Å². The van der Waals surface area contributed by atoms with Gasteiger partial charge in [-0.3, -0.25) is 0 Å². The largest absolute Gasteiger partial charge is 0.443 e. The van der Waals surface area contributed by atoms with Crippen LogP contribution in [0.5, 0.6) is 0 Å². The van der Waals surface area contributed by atoms with Gasteiger partial charge in [0.1, 0.15) is 6.10 Å². The highest BCUT2D eigenvalue weighted by Crippen LogP contribution is 2.33. The van der Waals surface area contributed by atoms with Crippen molar-refractivity contribution in [2.45, 2.75) is 69.0 Å². The lowest BCUT2D eigenvalue weighted by Gasteiger charge is -2.31. The van der Waals surface area contributed by atoms with E-state index in [-0.39, 0.29) is 42.7 Å². The quantitative estimate of drug-likeness (QED) is 0.297. The summed E-state index contributed by atoms with van der Waals surface area (Å²) in [6.07, 6.45) is -0.0264. The number of aryl methyl sites for hydroxylation is 1. The van der Waals surface area contributed by atoms with Crippen LogP contribution < -0.4 is 5.32 Å². The van der Waals surface area contributed by atoms with Crippen LogP contribution in [0.4, 0.5) is 4.79 Å². The monoisotopic (exact) mass is 604 g/mol. The predicted octanol–water partition coefficient (Wildman–Crippen LogP) is 3.37. The average Bonchev–Trinajstić information content (AvgIpc) is 3.58. The number of carbonyl (C=O) groups is 1. The van der Waals surface area contributed by atoms with Crippen molar-refractivity contribution in [3.05, 3.63) is 65.7 Å². The van der Waals surface area contributed by atoms with Crippen LogP contribution in [-0.2, 0) is 41.8 Å². The summed E-state index contributed by atoms with van der Waals surface area (Å²) < 4.78 is 50.7. The summed E-state index contributed by atoms with van der Waals surface area (Å²) in [7, 11) is -2.27. The molecule has 2 aromatic rings. The molecular formula is C31H44N2O8S. The van der Waals surface area contributed by atoms with Crippen LogP contribution in [0.25, 0.3) is 0 Å². The smallest absolute Gasteiger partial charge is 0.407 e. The number of fused-ring (bicyclic) bond motifs is 1. The predicted molar refractivity (Wildman–Crippen MR) is 157 cm³/mol. The second-order valence-electron chi connectivity index (χ2n) is 11.4. The molecule has 1 amide bonds. The third-order valence-corrected chi connectivity index (χ3v) is 9.49. The number of hydrogen-bond acceptors (Lipinski definition) is 8. The molecule has 0 aliphatic carbocycles. The number of alkyl carbamates (subject to hydrolysis) is 1. The number of hydrogen-bond donors (Lipinski definition) is 2. The number of nitrogens with one attached hydrogen (secondary N) is 1. The summed E-state index contributed by atoms with van der Waals surface area (Å²) in [4.78, 5) is 13.2. The van der Waals surface area contributed by atoms with E-state index in [0.29, 0.717) is 19.6 Å². The Labute approximate surface area is 249 Å². The van der Waals surface area contributed by atoms with Gasteiger partial charge in [-0.2, -0.15) is 4.31 Å². The fourth-order valence-electron chi connectivity index (χ4n) is 5.43. The first kappa shape index (κ1) is 32.4. The number of carbonyl (C=O) groups excluding carboxylic acids is 1. The molecule has 0 radical (unpaired) electrons. The number of benzene rings is 2. The van der Waals surface area contributed by atoms with Crippen molar-refractivity contribution in [1.82, 2.24) is 9.62 Å². The van der Waals surface area contributed by atoms with Crippen LogP contribution in [-0.4, -0.2) is 88.5 Å². The Morgan fingerprint density at radius 1 is 1.07 bits per heavy atom. The molecule has 1 unspecified atom stereocenters. The van der Waals surface area contributed by atoms with Crippen molar-refractivity contribution in [3.63, 3.8) is 0 Å². The molecule has 42 heavy (non-hydrogen) atoms. The van der Waals surface area contributed by atoms with Gasteiger partial charge in [-0.1, -0.05) is 56.3 Å².